The zero-order valence-corrected chi connectivity index (χ0v) is 13.2. The van der Waals surface area contributed by atoms with Crippen LogP contribution >= 0.6 is 0 Å². The number of halogens is 3. The van der Waals surface area contributed by atoms with Gasteiger partial charge in [0.25, 0.3) is 0 Å². The summed E-state index contributed by atoms with van der Waals surface area (Å²) in [5, 5.41) is 18.6. The number of pyridine rings is 1. The average Bonchev–Trinajstić information content (AvgIpc) is 2.50. The van der Waals surface area contributed by atoms with Gasteiger partial charge >= 0.3 is 12.1 Å². The molecule has 4 N–H and O–H groups in total. The Morgan fingerprint density at radius 2 is 1.92 bits per heavy atom. The SMILES string of the molecule is N[C@@H](CCS(=O)(=O)CCC(O)(c1ccccn1)C(F)(F)F)C(=O)O. The van der Waals surface area contributed by atoms with Crippen molar-refractivity contribution in [2.75, 3.05) is 11.5 Å². The highest BCUT2D eigenvalue weighted by molar-refractivity contribution is 7.91. The molecule has 0 radical (unpaired) electrons. The lowest BCUT2D eigenvalue weighted by atomic mass is 9.95. The van der Waals surface area contributed by atoms with Crippen molar-refractivity contribution < 1.29 is 36.6 Å². The molecular weight excluding hydrogens is 353 g/mol. The topological polar surface area (TPSA) is 131 Å². The van der Waals surface area contributed by atoms with Crippen molar-refractivity contribution in [3.63, 3.8) is 0 Å². The molecule has 1 aromatic rings. The van der Waals surface area contributed by atoms with Crippen molar-refractivity contribution in [2.24, 2.45) is 5.73 Å². The van der Waals surface area contributed by atoms with Gasteiger partial charge in [-0.2, -0.15) is 13.2 Å². The van der Waals surface area contributed by atoms with Crippen LogP contribution in [0.15, 0.2) is 24.4 Å². The molecule has 0 aliphatic heterocycles. The van der Waals surface area contributed by atoms with Gasteiger partial charge < -0.3 is 15.9 Å². The van der Waals surface area contributed by atoms with E-state index >= 15 is 0 Å². The Hall–Kier alpha value is -1.72. The third kappa shape index (κ3) is 5.14. The summed E-state index contributed by atoms with van der Waals surface area (Å²) >= 11 is 0. The molecule has 136 valence electrons. The number of alkyl halides is 3. The minimum absolute atomic E-state index is 0.439. The molecule has 0 saturated heterocycles. The molecule has 0 amide bonds. The van der Waals surface area contributed by atoms with Crippen LogP contribution in [0.5, 0.6) is 0 Å². The smallest absolute Gasteiger partial charge is 0.423 e. The normalized spacial score (nSPS) is 16.4. The Balaban J connectivity index is 2.88. The van der Waals surface area contributed by atoms with Crippen LogP contribution in [-0.4, -0.2) is 53.3 Å². The quantitative estimate of drug-likeness (QED) is 0.605. The number of carboxylic acids is 1. The van der Waals surface area contributed by atoms with Crippen molar-refractivity contribution in [2.45, 2.75) is 30.7 Å². The summed E-state index contributed by atoms with van der Waals surface area (Å²) in [5.74, 6) is -3.10. The first-order valence-corrected chi connectivity index (χ1v) is 8.60. The molecule has 7 nitrogen and oxygen atoms in total. The monoisotopic (exact) mass is 370 g/mol. The van der Waals surface area contributed by atoms with E-state index in [2.05, 4.69) is 4.98 Å². The lowest BCUT2D eigenvalue weighted by Crippen LogP contribution is -2.44. The second kappa shape index (κ2) is 7.45. The van der Waals surface area contributed by atoms with Gasteiger partial charge in [-0.25, -0.2) is 8.42 Å². The van der Waals surface area contributed by atoms with Gasteiger partial charge in [-0.15, -0.1) is 0 Å². The lowest BCUT2D eigenvalue weighted by molar-refractivity contribution is -0.268. The number of rotatable bonds is 8. The summed E-state index contributed by atoms with van der Waals surface area (Å²) in [4.78, 5) is 14.0. The van der Waals surface area contributed by atoms with Gasteiger partial charge in [0.2, 0.25) is 5.60 Å². The summed E-state index contributed by atoms with van der Waals surface area (Å²) in [5.41, 5.74) is 1.03. The second-order valence-corrected chi connectivity index (χ2v) is 7.51. The van der Waals surface area contributed by atoms with E-state index in [1.54, 1.807) is 0 Å². The zero-order valence-electron chi connectivity index (χ0n) is 12.4. The van der Waals surface area contributed by atoms with Crippen molar-refractivity contribution in [3.8, 4) is 0 Å². The molecule has 2 atom stereocenters. The molecule has 1 unspecified atom stereocenters. The highest BCUT2D eigenvalue weighted by Crippen LogP contribution is 2.40. The number of aromatic nitrogens is 1. The van der Waals surface area contributed by atoms with Gasteiger partial charge in [0.05, 0.1) is 17.2 Å². The number of aliphatic hydroxyl groups is 1. The maximum atomic E-state index is 13.2. The molecule has 0 aromatic carbocycles. The van der Waals surface area contributed by atoms with Crippen LogP contribution in [0.3, 0.4) is 0 Å². The molecule has 0 fully saturated rings. The van der Waals surface area contributed by atoms with E-state index in [1.807, 2.05) is 0 Å². The molecule has 0 bridgehead atoms. The maximum absolute atomic E-state index is 13.2. The molecule has 11 heteroatoms. The van der Waals surface area contributed by atoms with Gasteiger partial charge in [0, 0.05) is 12.6 Å². The van der Waals surface area contributed by atoms with E-state index < -0.39 is 63.7 Å². The van der Waals surface area contributed by atoms with Crippen LogP contribution in [0.4, 0.5) is 13.2 Å². The van der Waals surface area contributed by atoms with Crippen LogP contribution in [0.1, 0.15) is 18.5 Å². The minimum Gasteiger partial charge on any atom is -0.480 e. The van der Waals surface area contributed by atoms with Crippen molar-refractivity contribution in [1.29, 1.82) is 0 Å². The Bertz CT molecular complexity index is 666. The van der Waals surface area contributed by atoms with Gasteiger partial charge in [-0.3, -0.25) is 9.78 Å². The largest absolute Gasteiger partial charge is 0.480 e. The Kier molecular flexibility index (Phi) is 6.31. The summed E-state index contributed by atoms with van der Waals surface area (Å²) in [6, 6.07) is 2.10. The first-order chi connectivity index (χ1) is 10.9. The van der Waals surface area contributed by atoms with E-state index in [4.69, 9.17) is 10.8 Å². The van der Waals surface area contributed by atoms with Crippen LogP contribution < -0.4 is 5.73 Å². The number of carboxylic acid groups (broad SMARTS) is 1. The van der Waals surface area contributed by atoms with E-state index in [0.717, 1.165) is 12.3 Å². The van der Waals surface area contributed by atoms with Gasteiger partial charge in [0.15, 0.2) is 9.84 Å². The van der Waals surface area contributed by atoms with Gasteiger partial charge in [-0.05, 0) is 18.6 Å². The first kappa shape index (κ1) is 20.3. The number of aliphatic carboxylic acids is 1. The summed E-state index contributed by atoms with van der Waals surface area (Å²) in [6.07, 6.45) is -5.68. The Morgan fingerprint density at radius 1 is 1.29 bits per heavy atom. The van der Waals surface area contributed by atoms with Crippen LogP contribution in [0, 0.1) is 0 Å². The standard InChI is InChI=1S/C13H17F3N2O5S/c14-13(15,16)12(21,10-3-1-2-6-18-10)5-8-24(22,23)7-4-9(17)11(19)20/h1-3,6,9,21H,4-5,7-8,17H2,(H,19,20)/t9-,12?/m0/s1. The fourth-order valence-electron chi connectivity index (χ4n) is 1.86. The molecule has 0 aliphatic rings. The molecule has 1 aromatic heterocycles. The summed E-state index contributed by atoms with van der Waals surface area (Å²) in [6.45, 7) is 0. The number of nitrogens with two attached hydrogens (primary N) is 1. The van der Waals surface area contributed by atoms with Crippen molar-refractivity contribution >= 4 is 15.8 Å². The van der Waals surface area contributed by atoms with Crippen LogP contribution in [0.2, 0.25) is 0 Å². The Morgan fingerprint density at radius 3 is 2.38 bits per heavy atom. The summed E-state index contributed by atoms with van der Waals surface area (Å²) < 4.78 is 63.2. The highest BCUT2D eigenvalue weighted by Gasteiger charge is 2.56. The van der Waals surface area contributed by atoms with Crippen molar-refractivity contribution in [1.82, 2.24) is 4.98 Å². The van der Waals surface area contributed by atoms with E-state index in [1.165, 1.54) is 12.1 Å². The number of carbonyl (C=O) groups is 1. The van der Waals surface area contributed by atoms with Crippen LogP contribution in [-0.2, 0) is 20.2 Å². The predicted octanol–water partition coefficient (Wildman–Crippen LogP) is 0.438. The van der Waals surface area contributed by atoms with E-state index in [0.29, 0.717) is 0 Å². The van der Waals surface area contributed by atoms with E-state index in [9.17, 15) is 31.5 Å². The fraction of sp³-hybridized carbons (Fsp3) is 0.538. The number of nitrogens with zero attached hydrogens (tertiary/aromatic N) is 1. The molecule has 1 heterocycles. The molecule has 0 spiro atoms. The molecular formula is C13H17F3N2O5S. The molecule has 0 aliphatic carbocycles. The third-order valence-electron chi connectivity index (χ3n) is 3.39. The second-order valence-electron chi connectivity index (χ2n) is 5.21. The number of sulfone groups is 1. The number of hydrogen-bond acceptors (Lipinski definition) is 6. The third-order valence-corrected chi connectivity index (χ3v) is 5.07. The molecule has 24 heavy (non-hydrogen) atoms. The van der Waals surface area contributed by atoms with E-state index in [-0.39, 0.29) is 0 Å². The lowest BCUT2D eigenvalue weighted by Gasteiger charge is -2.29. The van der Waals surface area contributed by atoms with Gasteiger partial charge in [0.1, 0.15) is 6.04 Å². The zero-order chi connectivity index (χ0) is 18.6. The first-order valence-electron chi connectivity index (χ1n) is 6.78. The Labute approximate surface area is 136 Å². The summed E-state index contributed by atoms with van der Waals surface area (Å²) in [7, 11) is -4.04. The van der Waals surface area contributed by atoms with Crippen molar-refractivity contribution in [3.05, 3.63) is 30.1 Å². The van der Waals surface area contributed by atoms with Crippen LogP contribution in [0.25, 0.3) is 0 Å². The average molecular weight is 370 g/mol. The molecule has 0 saturated carbocycles. The molecule has 1 rings (SSSR count). The maximum Gasteiger partial charge on any atom is 0.423 e. The predicted molar refractivity (Wildman–Crippen MR) is 77.7 cm³/mol. The number of hydrogen-bond donors (Lipinski definition) is 3. The minimum atomic E-state index is -5.13. The highest BCUT2D eigenvalue weighted by atomic mass is 32.2. The van der Waals surface area contributed by atoms with Gasteiger partial charge in [-0.1, -0.05) is 6.07 Å². The fourth-order valence-corrected chi connectivity index (χ4v) is 3.28.